The zero-order chi connectivity index (χ0) is 14.2. The second kappa shape index (κ2) is 7.86. The van der Waals surface area contributed by atoms with Crippen LogP contribution < -0.4 is 5.32 Å². The normalized spacial score (nSPS) is 12.3. The molecule has 0 heterocycles. The van der Waals surface area contributed by atoms with E-state index in [4.69, 9.17) is 0 Å². The van der Waals surface area contributed by atoms with Crippen molar-refractivity contribution in [3.05, 3.63) is 71.3 Å². The van der Waals surface area contributed by atoms with Gasteiger partial charge in [0.05, 0.1) is 0 Å². The van der Waals surface area contributed by atoms with E-state index in [1.165, 1.54) is 23.1 Å². The molecular formula is C19H25N. The van der Waals surface area contributed by atoms with Crippen molar-refractivity contribution in [3.8, 4) is 0 Å². The Balaban J connectivity index is 1.93. The molecule has 106 valence electrons. The van der Waals surface area contributed by atoms with Gasteiger partial charge >= 0.3 is 0 Å². The van der Waals surface area contributed by atoms with Crippen LogP contribution in [0.5, 0.6) is 0 Å². The highest BCUT2D eigenvalue weighted by molar-refractivity contribution is 5.23. The van der Waals surface area contributed by atoms with Gasteiger partial charge in [-0.1, -0.05) is 67.1 Å². The molecule has 1 atom stereocenters. The Morgan fingerprint density at radius 2 is 1.70 bits per heavy atom. The van der Waals surface area contributed by atoms with E-state index in [1.54, 1.807) is 0 Å². The van der Waals surface area contributed by atoms with Crippen LogP contribution >= 0.6 is 0 Å². The van der Waals surface area contributed by atoms with Crippen LogP contribution in [0.15, 0.2) is 54.6 Å². The highest BCUT2D eigenvalue weighted by atomic mass is 14.9. The van der Waals surface area contributed by atoms with E-state index in [0.717, 1.165) is 19.4 Å². The minimum Gasteiger partial charge on any atom is -0.314 e. The molecule has 1 nitrogen and oxygen atoms in total. The number of nitrogens with one attached hydrogen (secondary N) is 1. The maximum absolute atomic E-state index is 3.62. The first-order valence-corrected chi connectivity index (χ1v) is 7.60. The van der Waals surface area contributed by atoms with Crippen LogP contribution in [0, 0.1) is 6.92 Å². The first-order chi connectivity index (χ1) is 9.78. The summed E-state index contributed by atoms with van der Waals surface area (Å²) in [5.41, 5.74) is 4.21. The van der Waals surface area contributed by atoms with Crippen LogP contribution in [-0.4, -0.2) is 12.6 Å². The molecule has 0 aliphatic rings. The first kappa shape index (κ1) is 14.8. The van der Waals surface area contributed by atoms with Crippen molar-refractivity contribution < 1.29 is 0 Å². The minimum atomic E-state index is 0.557. The molecule has 0 saturated heterocycles. The standard InChI is InChI=1S/C19H25N/c1-3-20-19(13-12-17-9-5-4-6-10-17)15-18-11-7-8-16(2)14-18/h4-11,14,19-20H,3,12-13,15H2,1-2H3. The molecule has 0 aromatic heterocycles. The van der Waals surface area contributed by atoms with Gasteiger partial charge in [-0.25, -0.2) is 0 Å². The monoisotopic (exact) mass is 267 g/mol. The highest BCUT2D eigenvalue weighted by Gasteiger charge is 2.08. The van der Waals surface area contributed by atoms with Gasteiger partial charge in [-0.15, -0.1) is 0 Å². The average Bonchev–Trinajstić information content (AvgIpc) is 2.46. The SMILES string of the molecule is CCNC(CCc1ccccc1)Cc1cccc(C)c1. The lowest BCUT2D eigenvalue weighted by Crippen LogP contribution is -2.31. The second-order valence-electron chi connectivity index (χ2n) is 5.47. The fourth-order valence-corrected chi connectivity index (χ4v) is 2.67. The van der Waals surface area contributed by atoms with Gasteiger partial charge in [0.15, 0.2) is 0 Å². The number of hydrogen-bond donors (Lipinski definition) is 1. The Bertz CT molecular complexity index is 504. The molecule has 1 heteroatoms. The Kier molecular flexibility index (Phi) is 5.82. The van der Waals surface area contributed by atoms with Gasteiger partial charge in [0.1, 0.15) is 0 Å². The fourth-order valence-electron chi connectivity index (χ4n) is 2.67. The van der Waals surface area contributed by atoms with Crippen LogP contribution in [0.4, 0.5) is 0 Å². The van der Waals surface area contributed by atoms with Gasteiger partial charge in [0.2, 0.25) is 0 Å². The Hall–Kier alpha value is -1.60. The van der Waals surface area contributed by atoms with E-state index >= 15 is 0 Å². The van der Waals surface area contributed by atoms with Crippen LogP contribution in [0.1, 0.15) is 30.0 Å². The first-order valence-electron chi connectivity index (χ1n) is 7.60. The molecule has 0 spiro atoms. The van der Waals surface area contributed by atoms with Crippen molar-refractivity contribution in [1.82, 2.24) is 5.32 Å². The van der Waals surface area contributed by atoms with E-state index in [9.17, 15) is 0 Å². The quantitative estimate of drug-likeness (QED) is 0.794. The topological polar surface area (TPSA) is 12.0 Å². The van der Waals surface area contributed by atoms with Crippen molar-refractivity contribution in [3.63, 3.8) is 0 Å². The lowest BCUT2D eigenvalue weighted by Gasteiger charge is -2.18. The predicted molar refractivity (Wildman–Crippen MR) is 87.1 cm³/mol. The van der Waals surface area contributed by atoms with E-state index in [0.29, 0.717) is 6.04 Å². The zero-order valence-electron chi connectivity index (χ0n) is 12.6. The summed E-state index contributed by atoms with van der Waals surface area (Å²) in [5, 5.41) is 3.62. The lowest BCUT2D eigenvalue weighted by atomic mass is 9.98. The summed E-state index contributed by atoms with van der Waals surface area (Å²) in [7, 11) is 0. The van der Waals surface area contributed by atoms with Crippen molar-refractivity contribution in [2.75, 3.05) is 6.54 Å². The summed E-state index contributed by atoms with van der Waals surface area (Å²) in [6.45, 7) is 5.38. The molecule has 1 unspecified atom stereocenters. The van der Waals surface area contributed by atoms with Gasteiger partial charge in [0.25, 0.3) is 0 Å². The van der Waals surface area contributed by atoms with E-state index in [-0.39, 0.29) is 0 Å². The maximum atomic E-state index is 3.62. The summed E-state index contributed by atoms with van der Waals surface area (Å²) in [5.74, 6) is 0. The molecule has 0 bridgehead atoms. The highest BCUT2D eigenvalue weighted by Crippen LogP contribution is 2.11. The lowest BCUT2D eigenvalue weighted by molar-refractivity contribution is 0.491. The minimum absolute atomic E-state index is 0.557. The van der Waals surface area contributed by atoms with Crippen LogP contribution in [-0.2, 0) is 12.8 Å². The molecule has 2 aromatic rings. The number of likely N-dealkylation sites (N-methyl/N-ethyl adjacent to an activating group) is 1. The summed E-state index contributed by atoms with van der Waals surface area (Å²) >= 11 is 0. The molecular weight excluding hydrogens is 242 g/mol. The average molecular weight is 267 g/mol. The van der Waals surface area contributed by atoms with Crippen molar-refractivity contribution in [2.24, 2.45) is 0 Å². The number of benzene rings is 2. The van der Waals surface area contributed by atoms with Crippen LogP contribution in [0.3, 0.4) is 0 Å². The molecule has 2 aromatic carbocycles. The second-order valence-corrected chi connectivity index (χ2v) is 5.47. The van der Waals surface area contributed by atoms with Crippen molar-refractivity contribution >= 4 is 0 Å². The molecule has 2 rings (SSSR count). The Morgan fingerprint density at radius 1 is 0.950 bits per heavy atom. The van der Waals surface area contributed by atoms with Crippen LogP contribution in [0.25, 0.3) is 0 Å². The van der Waals surface area contributed by atoms with Gasteiger partial charge in [0, 0.05) is 6.04 Å². The van der Waals surface area contributed by atoms with Gasteiger partial charge in [-0.2, -0.15) is 0 Å². The predicted octanol–water partition coefficient (Wildman–Crippen LogP) is 4.15. The third kappa shape index (κ3) is 4.82. The largest absolute Gasteiger partial charge is 0.314 e. The van der Waals surface area contributed by atoms with Crippen molar-refractivity contribution in [2.45, 2.75) is 39.2 Å². The summed E-state index contributed by atoms with van der Waals surface area (Å²) in [6, 6.07) is 20.2. The third-order valence-corrected chi connectivity index (χ3v) is 3.68. The van der Waals surface area contributed by atoms with E-state index in [2.05, 4.69) is 73.8 Å². The number of aryl methyl sites for hydroxylation is 2. The third-order valence-electron chi connectivity index (χ3n) is 3.68. The number of rotatable bonds is 7. The van der Waals surface area contributed by atoms with Gasteiger partial charge in [-0.05, 0) is 43.9 Å². The molecule has 0 aliphatic carbocycles. The fraction of sp³-hybridized carbons (Fsp3) is 0.368. The number of hydrogen-bond acceptors (Lipinski definition) is 1. The van der Waals surface area contributed by atoms with Gasteiger partial charge in [-0.3, -0.25) is 0 Å². The summed E-state index contributed by atoms with van der Waals surface area (Å²) in [6.07, 6.45) is 3.44. The molecule has 0 saturated carbocycles. The van der Waals surface area contributed by atoms with Gasteiger partial charge < -0.3 is 5.32 Å². The van der Waals surface area contributed by atoms with E-state index in [1.807, 2.05) is 0 Å². The van der Waals surface area contributed by atoms with Crippen LogP contribution in [0.2, 0.25) is 0 Å². The molecule has 0 amide bonds. The molecule has 1 N–H and O–H groups in total. The van der Waals surface area contributed by atoms with Crippen molar-refractivity contribution in [1.29, 1.82) is 0 Å². The molecule has 0 fully saturated rings. The molecule has 0 aliphatic heterocycles. The Morgan fingerprint density at radius 3 is 2.40 bits per heavy atom. The summed E-state index contributed by atoms with van der Waals surface area (Å²) < 4.78 is 0. The molecule has 0 radical (unpaired) electrons. The maximum Gasteiger partial charge on any atom is 0.0110 e. The van der Waals surface area contributed by atoms with E-state index < -0.39 is 0 Å². The summed E-state index contributed by atoms with van der Waals surface area (Å²) in [4.78, 5) is 0. The Labute approximate surface area is 123 Å². The smallest absolute Gasteiger partial charge is 0.0110 e. The molecule has 20 heavy (non-hydrogen) atoms. The zero-order valence-corrected chi connectivity index (χ0v) is 12.6.